The van der Waals surface area contributed by atoms with Gasteiger partial charge >= 0.3 is 5.97 Å². The quantitative estimate of drug-likeness (QED) is 0.244. The number of anilines is 1. The molecule has 0 saturated carbocycles. The van der Waals surface area contributed by atoms with Crippen LogP contribution in [-0.4, -0.2) is 23.5 Å². The fraction of sp³-hybridized carbons (Fsp3) is 0.154. The molecule has 0 unspecified atom stereocenters. The molecular weight excluding hydrogens is 416 g/mol. The summed E-state index contributed by atoms with van der Waals surface area (Å²) in [7, 11) is 0. The van der Waals surface area contributed by atoms with Crippen LogP contribution in [0.1, 0.15) is 18.4 Å². The number of carbonyl (C=O) groups excluding carboxylic acids is 2. The SMILES string of the molecule is O=C(COC(=O)CCCc1c[nH]c2ccccc12)Nc1ccc(N=Nc2ccccc2)cc1. The number of amides is 1. The summed E-state index contributed by atoms with van der Waals surface area (Å²) >= 11 is 0. The maximum Gasteiger partial charge on any atom is 0.306 e. The van der Waals surface area contributed by atoms with Crippen LogP contribution >= 0.6 is 0 Å². The summed E-state index contributed by atoms with van der Waals surface area (Å²) in [5.74, 6) is -0.777. The number of fused-ring (bicyclic) bond motifs is 1. The summed E-state index contributed by atoms with van der Waals surface area (Å²) in [6.45, 7) is -0.318. The van der Waals surface area contributed by atoms with Gasteiger partial charge in [0.1, 0.15) is 0 Å². The van der Waals surface area contributed by atoms with Crippen molar-refractivity contribution in [3.63, 3.8) is 0 Å². The molecule has 1 heterocycles. The highest BCUT2D eigenvalue weighted by Crippen LogP contribution is 2.21. The number of benzene rings is 3. The van der Waals surface area contributed by atoms with Gasteiger partial charge in [-0.1, -0.05) is 36.4 Å². The Bertz CT molecular complexity index is 1250. The number of nitrogens with zero attached hydrogens (tertiary/aromatic N) is 2. The Hall–Kier alpha value is -4.26. The topological polar surface area (TPSA) is 95.9 Å². The zero-order valence-corrected chi connectivity index (χ0v) is 18.0. The van der Waals surface area contributed by atoms with Gasteiger partial charge < -0.3 is 15.0 Å². The van der Waals surface area contributed by atoms with Gasteiger partial charge in [0.25, 0.3) is 5.91 Å². The molecule has 4 rings (SSSR count). The van der Waals surface area contributed by atoms with E-state index in [0.717, 1.165) is 23.0 Å². The fourth-order valence-corrected chi connectivity index (χ4v) is 3.40. The van der Waals surface area contributed by atoms with Gasteiger partial charge in [-0.2, -0.15) is 10.2 Å². The largest absolute Gasteiger partial charge is 0.456 e. The van der Waals surface area contributed by atoms with Crippen LogP contribution in [0.15, 0.2) is 95.3 Å². The van der Waals surface area contributed by atoms with Crippen molar-refractivity contribution in [3.8, 4) is 0 Å². The first-order chi connectivity index (χ1) is 16.2. The molecule has 2 N–H and O–H groups in total. The molecule has 0 fully saturated rings. The van der Waals surface area contributed by atoms with E-state index in [1.807, 2.05) is 54.7 Å². The van der Waals surface area contributed by atoms with Gasteiger partial charge in [0, 0.05) is 29.2 Å². The van der Waals surface area contributed by atoms with E-state index in [9.17, 15) is 9.59 Å². The summed E-state index contributed by atoms with van der Waals surface area (Å²) in [5, 5.41) is 12.2. The van der Waals surface area contributed by atoms with E-state index in [1.165, 1.54) is 5.56 Å². The van der Waals surface area contributed by atoms with Crippen LogP contribution in [0.4, 0.5) is 17.1 Å². The second kappa shape index (κ2) is 10.9. The normalized spacial score (nSPS) is 11.0. The first-order valence-electron chi connectivity index (χ1n) is 10.7. The molecular formula is C26H24N4O3. The molecule has 1 aromatic heterocycles. The number of esters is 1. The third kappa shape index (κ3) is 6.36. The van der Waals surface area contributed by atoms with Crippen molar-refractivity contribution in [1.29, 1.82) is 0 Å². The number of hydrogen-bond donors (Lipinski definition) is 2. The number of azo groups is 1. The molecule has 0 aliphatic rings. The molecule has 7 nitrogen and oxygen atoms in total. The Morgan fingerprint density at radius 2 is 1.55 bits per heavy atom. The maximum atomic E-state index is 12.1. The van der Waals surface area contributed by atoms with E-state index in [2.05, 4.69) is 26.6 Å². The molecule has 0 aliphatic heterocycles. The van der Waals surface area contributed by atoms with Crippen LogP contribution in [-0.2, 0) is 20.7 Å². The Kier molecular flexibility index (Phi) is 7.22. The molecule has 0 bridgehead atoms. The highest BCUT2D eigenvalue weighted by Gasteiger charge is 2.09. The molecule has 166 valence electrons. The Morgan fingerprint density at radius 3 is 2.33 bits per heavy atom. The van der Waals surface area contributed by atoms with E-state index in [4.69, 9.17) is 4.74 Å². The lowest BCUT2D eigenvalue weighted by Gasteiger charge is -2.07. The van der Waals surface area contributed by atoms with Crippen molar-refractivity contribution in [3.05, 3.63) is 90.6 Å². The van der Waals surface area contributed by atoms with Crippen LogP contribution < -0.4 is 5.32 Å². The second-order valence-corrected chi connectivity index (χ2v) is 7.50. The van der Waals surface area contributed by atoms with E-state index < -0.39 is 5.91 Å². The number of para-hydroxylation sites is 1. The maximum absolute atomic E-state index is 12.1. The molecule has 0 radical (unpaired) electrons. The van der Waals surface area contributed by atoms with E-state index >= 15 is 0 Å². The fourth-order valence-electron chi connectivity index (χ4n) is 3.40. The van der Waals surface area contributed by atoms with Gasteiger partial charge in [0.15, 0.2) is 6.61 Å². The third-order valence-electron chi connectivity index (χ3n) is 5.05. The number of rotatable bonds is 9. The van der Waals surface area contributed by atoms with Gasteiger partial charge in [-0.05, 0) is 60.9 Å². The summed E-state index contributed by atoms with van der Waals surface area (Å²) in [4.78, 5) is 27.3. The Labute approximate surface area is 191 Å². The highest BCUT2D eigenvalue weighted by molar-refractivity contribution is 5.92. The molecule has 0 atom stereocenters. The van der Waals surface area contributed by atoms with Crippen LogP contribution in [0, 0.1) is 0 Å². The van der Waals surface area contributed by atoms with Crippen molar-refractivity contribution in [2.24, 2.45) is 10.2 Å². The number of H-pyrrole nitrogens is 1. The third-order valence-corrected chi connectivity index (χ3v) is 5.05. The number of aromatic amines is 1. The monoisotopic (exact) mass is 440 g/mol. The standard InChI is InChI=1S/C26H24N4O3/c31-25(28-20-13-15-22(16-14-20)30-29-21-8-2-1-3-9-21)18-33-26(32)12-6-7-19-17-27-24-11-5-4-10-23(19)24/h1-5,8-11,13-17,27H,6-7,12,18H2,(H,28,31). The van der Waals surface area contributed by atoms with Crippen molar-refractivity contribution >= 4 is 39.8 Å². The number of aromatic nitrogens is 1. The van der Waals surface area contributed by atoms with Gasteiger partial charge in [-0.25, -0.2) is 0 Å². The first kappa shape index (κ1) is 22.0. The van der Waals surface area contributed by atoms with Crippen molar-refractivity contribution in [2.45, 2.75) is 19.3 Å². The van der Waals surface area contributed by atoms with Crippen molar-refractivity contribution in [1.82, 2.24) is 4.98 Å². The molecule has 33 heavy (non-hydrogen) atoms. The molecule has 4 aromatic rings. The smallest absolute Gasteiger partial charge is 0.306 e. The number of aryl methyl sites for hydroxylation is 1. The van der Waals surface area contributed by atoms with Gasteiger partial charge in [0.2, 0.25) is 0 Å². The molecule has 0 saturated heterocycles. The number of nitrogens with one attached hydrogen (secondary N) is 2. The first-order valence-corrected chi connectivity index (χ1v) is 10.7. The molecule has 0 aliphatic carbocycles. The number of hydrogen-bond acceptors (Lipinski definition) is 5. The Morgan fingerprint density at radius 1 is 0.848 bits per heavy atom. The van der Waals surface area contributed by atoms with E-state index in [-0.39, 0.29) is 19.0 Å². The van der Waals surface area contributed by atoms with Gasteiger partial charge in [0.05, 0.1) is 11.4 Å². The zero-order valence-electron chi connectivity index (χ0n) is 18.0. The Balaban J connectivity index is 1.17. The van der Waals surface area contributed by atoms with Gasteiger partial charge in [-0.15, -0.1) is 0 Å². The van der Waals surface area contributed by atoms with Crippen molar-refractivity contribution in [2.75, 3.05) is 11.9 Å². The second-order valence-electron chi connectivity index (χ2n) is 7.50. The van der Waals surface area contributed by atoms with Crippen LogP contribution in [0.25, 0.3) is 10.9 Å². The average molecular weight is 441 g/mol. The zero-order chi connectivity index (χ0) is 22.9. The highest BCUT2D eigenvalue weighted by atomic mass is 16.5. The predicted molar refractivity (Wildman–Crippen MR) is 128 cm³/mol. The summed E-state index contributed by atoms with van der Waals surface area (Å²) in [5.41, 5.74) is 4.27. The predicted octanol–water partition coefficient (Wildman–Crippen LogP) is 6.09. The van der Waals surface area contributed by atoms with Gasteiger partial charge in [-0.3, -0.25) is 9.59 Å². The van der Waals surface area contributed by atoms with Crippen LogP contribution in [0.2, 0.25) is 0 Å². The van der Waals surface area contributed by atoms with E-state index in [0.29, 0.717) is 17.8 Å². The van der Waals surface area contributed by atoms with Crippen molar-refractivity contribution < 1.29 is 14.3 Å². The lowest BCUT2D eigenvalue weighted by Crippen LogP contribution is -2.20. The molecule has 0 spiro atoms. The molecule has 1 amide bonds. The molecule has 3 aromatic carbocycles. The molecule has 7 heteroatoms. The minimum Gasteiger partial charge on any atom is -0.456 e. The lowest BCUT2D eigenvalue weighted by molar-refractivity contribution is -0.147. The minimum atomic E-state index is -0.390. The summed E-state index contributed by atoms with van der Waals surface area (Å²) in [6.07, 6.45) is 3.65. The number of carbonyl (C=O) groups is 2. The lowest BCUT2D eigenvalue weighted by atomic mass is 10.1. The number of ether oxygens (including phenoxy) is 1. The minimum absolute atomic E-state index is 0.258. The average Bonchev–Trinajstić information content (AvgIpc) is 3.26. The van der Waals surface area contributed by atoms with Crippen LogP contribution in [0.3, 0.4) is 0 Å². The summed E-state index contributed by atoms with van der Waals surface area (Å²) < 4.78 is 5.10. The summed E-state index contributed by atoms with van der Waals surface area (Å²) in [6, 6.07) is 24.4. The van der Waals surface area contributed by atoms with E-state index in [1.54, 1.807) is 24.3 Å². The van der Waals surface area contributed by atoms with Crippen LogP contribution in [0.5, 0.6) is 0 Å².